The van der Waals surface area contributed by atoms with E-state index in [-0.39, 0.29) is 18.6 Å². The number of esters is 1. The van der Waals surface area contributed by atoms with Gasteiger partial charge < -0.3 is 31.3 Å². The van der Waals surface area contributed by atoms with Gasteiger partial charge in [0.2, 0.25) is 16.9 Å². The van der Waals surface area contributed by atoms with Gasteiger partial charge in [-0.15, -0.1) is 0 Å². The molecule has 0 aromatic carbocycles. The molecule has 0 bridgehead atoms. The summed E-state index contributed by atoms with van der Waals surface area (Å²) in [5.74, 6) is -3.60. The number of amides is 2. The molecule has 0 heterocycles. The van der Waals surface area contributed by atoms with Crippen molar-refractivity contribution < 1.29 is 38.9 Å². The standard InChI is InChI=1S/C14H23N3O8S/c1-7(18)14(24)26-6-9(13(23)16-5-11(21)25-2)17-12(22)8(15)3-4-10(19)20/h7-9,18H,3-6,15H2,1-2H3,(H,16,23)(H,17,22)(H,19,20)/t7-,8+,9+/m1/s1. The maximum absolute atomic E-state index is 12.1. The van der Waals surface area contributed by atoms with Crippen molar-refractivity contribution in [1.82, 2.24) is 10.6 Å². The van der Waals surface area contributed by atoms with Gasteiger partial charge in [-0.1, -0.05) is 11.8 Å². The highest BCUT2D eigenvalue weighted by molar-refractivity contribution is 8.13. The molecule has 0 radical (unpaired) electrons. The largest absolute Gasteiger partial charge is 0.481 e. The highest BCUT2D eigenvalue weighted by Gasteiger charge is 2.26. The number of methoxy groups -OCH3 is 1. The minimum absolute atomic E-state index is 0.141. The molecule has 0 saturated heterocycles. The number of rotatable bonds is 11. The second-order valence-corrected chi connectivity index (χ2v) is 6.22. The first-order chi connectivity index (χ1) is 12.1. The van der Waals surface area contributed by atoms with Gasteiger partial charge in [-0.3, -0.25) is 24.0 Å². The summed E-state index contributed by atoms with van der Waals surface area (Å²) < 4.78 is 4.37. The van der Waals surface area contributed by atoms with E-state index < -0.39 is 53.6 Å². The number of carbonyl (C=O) groups is 5. The molecule has 0 spiro atoms. The minimum Gasteiger partial charge on any atom is -0.481 e. The molecule has 3 atom stereocenters. The van der Waals surface area contributed by atoms with E-state index in [0.717, 1.165) is 7.11 Å². The highest BCUT2D eigenvalue weighted by Crippen LogP contribution is 2.08. The highest BCUT2D eigenvalue weighted by atomic mass is 32.2. The molecule has 0 aromatic heterocycles. The summed E-state index contributed by atoms with van der Waals surface area (Å²) >= 11 is 0.617. The second-order valence-electron chi connectivity index (χ2n) is 5.20. The summed E-state index contributed by atoms with van der Waals surface area (Å²) in [6.45, 7) is 0.809. The van der Waals surface area contributed by atoms with Crippen LogP contribution in [0.5, 0.6) is 0 Å². The molecule has 12 heteroatoms. The fourth-order valence-corrected chi connectivity index (χ4v) is 2.32. The average molecular weight is 393 g/mol. The van der Waals surface area contributed by atoms with Gasteiger partial charge in [-0.05, 0) is 13.3 Å². The first-order valence-corrected chi connectivity index (χ1v) is 8.54. The molecule has 0 aromatic rings. The maximum atomic E-state index is 12.1. The first-order valence-electron chi connectivity index (χ1n) is 7.55. The summed E-state index contributed by atoms with van der Waals surface area (Å²) in [6.07, 6.45) is -1.73. The van der Waals surface area contributed by atoms with Crippen molar-refractivity contribution in [3.63, 3.8) is 0 Å². The lowest BCUT2D eigenvalue weighted by Gasteiger charge is -2.20. The molecule has 0 unspecified atom stereocenters. The van der Waals surface area contributed by atoms with E-state index >= 15 is 0 Å². The van der Waals surface area contributed by atoms with Crippen molar-refractivity contribution in [3.8, 4) is 0 Å². The molecule has 26 heavy (non-hydrogen) atoms. The van der Waals surface area contributed by atoms with Crippen LogP contribution in [0.2, 0.25) is 0 Å². The van der Waals surface area contributed by atoms with E-state index in [2.05, 4.69) is 15.4 Å². The SMILES string of the molecule is COC(=O)CNC(=O)[C@H](CSC(=O)[C@@H](C)O)NC(=O)[C@@H](N)CCC(=O)O. The van der Waals surface area contributed by atoms with Crippen LogP contribution in [0.25, 0.3) is 0 Å². The molecule has 0 saturated carbocycles. The molecule has 2 amide bonds. The second kappa shape index (κ2) is 12.2. The van der Waals surface area contributed by atoms with Crippen molar-refractivity contribution >= 4 is 40.6 Å². The Morgan fingerprint density at radius 3 is 2.31 bits per heavy atom. The quantitative estimate of drug-likeness (QED) is 0.237. The fraction of sp³-hybridized carbons (Fsp3) is 0.643. The van der Waals surface area contributed by atoms with Crippen molar-refractivity contribution in [1.29, 1.82) is 0 Å². The lowest BCUT2D eigenvalue weighted by molar-refractivity contribution is -0.141. The number of hydrogen-bond donors (Lipinski definition) is 5. The van der Waals surface area contributed by atoms with Crippen molar-refractivity contribution in [3.05, 3.63) is 0 Å². The van der Waals surface area contributed by atoms with Crippen LogP contribution in [0.1, 0.15) is 19.8 Å². The topological polar surface area (TPSA) is 185 Å². The van der Waals surface area contributed by atoms with Gasteiger partial charge in [0.15, 0.2) is 0 Å². The van der Waals surface area contributed by atoms with Crippen molar-refractivity contribution in [2.24, 2.45) is 5.73 Å². The van der Waals surface area contributed by atoms with Gasteiger partial charge in [0.05, 0.1) is 13.2 Å². The molecule has 6 N–H and O–H groups in total. The van der Waals surface area contributed by atoms with Crippen LogP contribution < -0.4 is 16.4 Å². The molecule has 0 rings (SSSR count). The summed E-state index contributed by atoms with van der Waals surface area (Å²) in [7, 11) is 1.13. The molecular formula is C14H23N3O8S. The number of nitrogens with two attached hydrogens (primary N) is 1. The summed E-state index contributed by atoms with van der Waals surface area (Å²) in [5, 5.41) is 21.7. The number of carbonyl (C=O) groups excluding carboxylic acids is 4. The number of aliphatic hydroxyl groups is 1. The third-order valence-corrected chi connectivity index (χ3v) is 4.13. The molecule has 11 nitrogen and oxygen atoms in total. The van der Waals surface area contributed by atoms with Crippen LogP contribution in [0, 0.1) is 0 Å². The van der Waals surface area contributed by atoms with E-state index in [4.69, 9.17) is 10.8 Å². The lowest BCUT2D eigenvalue weighted by atomic mass is 10.1. The summed E-state index contributed by atoms with van der Waals surface area (Å²) in [4.78, 5) is 57.2. The van der Waals surface area contributed by atoms with Crippen LogP contribution in [0.15, 0.2) is 0 Å². The van der Waals surface area contributed by atoms with Crippen molar-refractivity contribution in [2.75, 3.05) is 19.4 Å². The van der Waals surface area contributed by atoms with Gasteiger partial charge in [0.25, 0.3) is 0 Å². The van der Waals surface area contributed by atoms with Crippen LogP contribution >= 0.6 is 11.8 Å². The van der Waals surface area contributed by atoms with Gasteiger partial charge in [0.1, 0.15) is 18.7 Å². The molecule has 148 valence electrons. The third kappa shape index (κ3) is 9.96. The van der Waals surface area contributed by atoms with Crippen molar-refractivity contribution in [2.45, 2.75) is 38.0 Å². The Hall–Kier alpha value is -2.18. The van der Waals surface area contributed by atoms with Crippen LogP contribution in [-0.2, 0) is 28.7 Å². The number of carboxylic acid groups (broad SMARTS) is 1. The normalized spacial score (nSPS) is 13.8. The number of hydrogen-bond acceptors (Lipinski definition) is 9. The molecule has 0 aliphatic rings. The number of aliphatic carboxylic acids is 1. The zero-order valence-corrected chi connectivity index (χ0v) is 15.2. The third-order valence-electron chi connectivity index (χ3n) is 3.01. The van der Waals surface area contributed by atoms with Crippen LogP contribution in [0.3, 0.4) is 0 Å². The molecular weight excluding hydrogens is 370 g/mol. The van der Waals surface area contributed by atoms with E-state index in [9.17, 15) is 29.1 Å². The number of ether oxygens (including phenoxy) is 1. The molecule has 0 aliphatic heterocycles. The van der Waals surface area contributed by atoms with Gasteiger partial charge >= 0.3 is 11.9 Å². The van der Waals surface area contributed by atoms with Gasteiger partial charge in [0, 0.05) is 12.2 Å². The van der Waals surface area contributed by atoms with E-state index in [1.807, 2.05) is 0 Å². The Balaban J connectivity index is 4.86. The maximum Gasteiger partial charge on any atom is 0.325 e. The Kier molecular flexibility index (Phi) is 11.2. The average Bonchev–Trinajstić information content (AvgIpc) is 2.59. The first kappa shape index (κ1) is 23.8. The van der Waals surface area contributed by atoms with Gasteiger partial charge in [-0.25, -0.2) is 0 Å². The smallest absolute Gasteiger partial charge is 0.325 e. The van der Waals surface area contributed by atoms with E-state index in [1.54, 1.807) is 0 Å². The zero-order valence-electron chi connectivity index (χ0n) is 14.4. The number of thioether (sulfide) groups is 1. The van der Waals surface area contributed by atoms with Crippen LogP contribution in [0.4, 0.5) is 0 Å². The predicted octanol–water partition coefficient (Wildman–Crippen LogP) is -2.41. The zero-order chi connectivity index (χ0) is 20.3. The minimum atomic E-state index is -1.26. The van der Waals surface area contributed by atoms with E-state index in [1.165, 1.54) is 6.92 Å². The molecule has 0 aliphatic carbocycles. The Bertz CT molecular complexity index is 540. The Morgan fingerprint density at radius 2 is 1.81 bits per heavy atom. The Morgan fingerprint density at radius 1 is 1.19 bits per heavy atom. The van der Waals surface area contributed by atoms with Crippen LogP contribution in [-0.4, -0.2) is 76.7 Å². The summed E-state index contributed by atoms with van der Waals surface area (Å²) in [6, 6.07) is -2.39. The summed E-state index contributed by atoms with van der Waals surface area (Å²) in [5.41, 5.74) is 5.57. The molecule has 0 fully saturated rings. The number of carboxylic acids is 1. The predicted molar refractivity (Wildman–Crippen MR) is 90.9 cm³/mol. The van der Waals surface area contributed by atoms with Gasteiger partial charge in [-0.2, -0.15) is 0 Å². The van der Waals surface area contributed by atoms with E-state index in [0.29, 0.717) is 11.8 Å². The fourth-order valence-electron chi connectivity index (χ4n) is 1.51. The monoisotopic (exact) mass is 393 g/mol. The Labute approximate surface area is 154 Å². The lowest BCUT2D eigenvalue weighted by Crippen LogP contribution is -2.53. The number of nitrogens with one attached hydrogen (secondary N) is 2. The number of aliphatic hydroxyl groups excluding tert-OH is 1.